The van der Waals surface area contributed by atoms with Gasteiger partial charge < -0.3 is 4.42 Å². The van der Waals surface area contributed by atoms with Gasteiger partial charge >= 0.3 is 0 Å². The van der Waals surface area contributed by atoms with Gasteiger partial charge in [0.05, 0.1) is 10.6 Å². The SMILES string of the molecule is Clc1ccc(-c2nnc(-c3cc(Cl)ccc3Cl)o2)cc1. The highest BCUT2D eigenvalue weighted by atomic mass is 35.5. The first kappa shape index (κ1) is 13.4. The van der Waals surface area contributed by atoms with Crippen molar-refractivity contribution < 1.29 is 4.42 Å². The summed E-state index contributed by atoms with van der Waals surface area (Å²) in [4.78, 5) is 0. The first-order valence-electron chi connectivity index (χ1n) is 5.68. The molecule has 0 aliphatic carbocycles. The van der Waals surface area contributed by atoms with Crippen LogP contribution in [0.25, 0.3) is 22.9 Å². The molecule has 0 bridgehead atoms. The number of hydrogen-bond donors (Lipinski definition) is 0. The Labute approximate surface area is 130 Å². The second-order valence-corrected chi connectivity index (χ2v) is 5.32. The molecule has 20 heavy (non-hydrogen) atoms. The van der Waals surface area contributed by atoms with E-state index in [-0.39, 0.29) is 0 Å². The zero-order valence-electron chi connectivity index (χ0n) is 9.98. The summed E-state index contributed by atoms with van der Waals surface area (Å²) >= 11 is 17.9. The topological polar surface area (TPSA) is 38.9 Å². The standard InChI is InChI=1S/C14H7Cl3N2O/c15-9-3-1-8(2-4-9)13-18-19-14(20-13)11-7-10(16)5-6-12(11)17/h1-7H. The van der Waals surface area contributed by atoms with Crippen molar-refractivity contribution in [2.45, 2.75) is 0 Å². The number of rotatable bonds is 2. The monoisotopic (exact) mass is 324 g/mol. The van der Waals surface area contributed by atoms with Crippen LogP contribution in [0.15, 0.2) is 46.9 Å². The molecule has 1 heterocycles. The molecule has 0 atom stereocenters. The van der Waals surface area contributed by atoms with Crippen LogP contribution in [0.2, 0.25) is 15.1 Å². The van der Waals surface area contributed by atoms with Gasteiger partial charge in [-0.3, -0.25) is 0 Å². The lowest BCUT2D eigenvalue weighted by Crippen LogP contribution is -1.79. The van der Waals surface area contributed by atoms with Crippen LogP contribution in [0.1, 0.15) is 0 Å². The van der Waals surface area contributed by atoms with Crippen LogP contribution in [-0.4, -0.2) is 10.2 Å². The van der Waals surface area contributed by atoms with Gasteiger partial charge in [-0.25, -0.2) is 0 Å². The molecule has 0 aliphatic rings. The molecule has 0 saturated heterocycles. The van der Waals surface area contributed by atoms with Crippen molar-refractivity contribution in [3.63, 3.8) is 0 Å². The Bertz CT molecular complexity index is 753. The van der Waals surface area contributed by atoms with Crippen LogP contribution in [0.4, 0.5) is 0 Å². The average Bonchev–Trinajstić information content (AvgIpc) is 2.92. The molecule has 3 rings (SSSR count). The van der Waals surface area contributed by atoms with Crippen LogP contribution in [0.3, 0.4) is 0 Å². The van der Waals surface area contributed by atoms with Gasteiger partial charge in [-0.1, -0.05) is 34.8 Å². The van der Waals surface area contributed by atoms with E-state index in [1.165, 1.54) is 0 Å². The molecular weight excluding hydrogens is 319 g/mol. The van der Waals surface area contributed by atoms with E-state index < -0.39 is 0 Å². The highest BCUT2D eigenvalue weighted by molar-refractivity contribution is 6.35. The Morgan fingerprint density at radius 1 is 0.750 bits per heavy atom. The lowest BCUT2D eigenvalue weighted by molar-refractivity contribution is 0.584. The molecular formula is C14H7Cl3N2O. The first-order valence-corrected chi connectivity index (χ1v) is 6.82. The molecule has 3 aromatic rings. The Kier molecular flexibility index (Phi) is 3.66. The highest BCUT2D eigenvalue weighted by Gasteiger charge is 2.13. The van der Waals surface area contributed by atoms with Crippen molar-refractivity contribution in [1.82, 2.24) is 10.2 Å². The minimum absolute atomic E-state index is 0.322. The molecule has 3 nitrogen and oxygen atoms in total. The predicted molar refractivity (Wildman–Crippen MR) is 80.2 cm³/mol. The minimum Gasteiger partial charge on any atom is -0.416 e. The van der Waals surface area contributed by atoms with E-state index in [4.69, 9.17) is 39.2 Å². The zero-order valence-corrected chi connectivity index (χ0v) is 12.2. The molecule has 0 amide bonds. The highest BCUT2D eigenvalue weighted by Crippen LogP contribution is 2.31. The fraction of sp³-hybridized carbons (Fsp3) is 0. The average molecular weight is 326 g/mol. The van der Waals surface area contributed by atoms with Crippen molar-refractivity contribution >= 4 is 34.8 Å². The molecule has 1 aromatic heterocycles. The summed E-state index contributed by atoms with van der Waals surface area (Å²) in [6, 6.07) is 12.2. The molecule has 0 fully saturated rings. The van der Waals surface area contributed by atoms with Crippen LogP contribution in [0, 0.1) is 0 Å². The molecule has 0 saturated carbocycles. The summed E-state index contributed by atoms with van der Waals surface area (Å²) in [5.74, 6) is 0.718. The van der Waals surface area contributed by atoms with Gasteiger partial charge in [0, 0.05) is 15.6 Å². The summed E-state index contributed by atoms with van der Waals surface area (Å²) in [5.41, 5.74) is 1.39. The fourth-order valence-electron chi connectivity index (χ4n) is 1.70. The lowest BCUT2D eigenvalue weighted by Gasteiger charge is -1.99. The van der Waals surface area contributed by atoms with Crippen molar-refractivity contribution in [1.29, 1.82) is 0 Å². The molecule has 0 N–H and O–H groups in total. The summed E-state index contributed by atoms with van der Waals surface area (Å²) in [5, 5.41) is 9.69. The lowest BCUT2D eigenvalue weighted by atomic mass is 10.2. The van der Waals surface area contributed by atoms with Gasteiger partial charge in [0.1, 0.15) is 0 Å². The number of benzene rings is 2. The normalized spacial score (nSPS) is 10.8. The Morgan fingerprint density at radius 3 is 2.15 bits per heavy atom. The zero-order chi connectivity index (χ0) is 14.1. The van der Waals surface area contributed by atoms with E-state index in [0.717, 1.165) is 5.56 Å². The van der Waals surface area contributed by atoms with Crippen molar-refractivity contribution in [2.24, 2.45) is 0 Å². The Hall–Kier alpha value is -1.55. The predicted octanol–water partition coefficient (Wildman–Crippen LogP) is 5.36. The second-order valence-electron chi connectivity index (χ2n) is 4.04. The summed E-state index contributed by atoms with van der Waals surface area (Å²) in [7, 11) is 0. The third-order valence-corrected chi connectivity index (χ3v) is 3.49. The quantitative estimate of drug-likeness (QED) is 0.636. The van der Waals surface area contributed by atoms with E-state index in [0.29, 0.717) is 32.4 Å². The van der Waals surface area contributed by atoms with Crippen molar-refractivity contribution in [3.05, 3.63) is 57.5 Å². The third kappa shape index (κ3) is 2.66. The summed E-state index contributed by atoms with van der Waals surface area (Å²) in [6.07, 6.45) is 0. The van der Waals surface area contributed by atoms with E-state index in [2.05, 4.69) is 10.2 Å². The smallest absolute Gasteiger partial charge is 0.249 e. The molecule has 0 aliphatic heterocycles. The maximum atomic E-state index is 6.10. The fourth-order valence-corrected chi connectivity index (χ4v) is 2.20. The number of aromatic nitrogens is 2. The van der Waals surface area contributed by atoms with Crippen LogP contribution in [0.5, 0.6) is 0 Å². The molecule has 0 unspecified atom stereocenters. The van der Waals surface area contributed by atoms with Crippen molar-refractivity contribution in [2.75, 3.05) is 0 Å². The second kappa shape index (κ2) is 5.44. The molecule has 2 aromatic carbocycles. The van der Waals surface area contributed by atoms with Crippen molar-refractivity contribution in [3.8, 4) is 22.9 Å². The summed E-state index contributed by atoms with van der Waals surface area (Å²) < 4.78 is 5.62. The van der Waals surface area contributed by atoms with Gasteiger partial charge in [-0.05, 0) is 42.5 Å². The third-order valence-electron chi connectivity index (χ3n) is 2.67. The number of halogens is 3. The van der Waals surface area contributed by atoms with Gasteiger partial charge in [0.25, 0.3) is 0 Å². The van der Waals surface area contributed by atoms with Crippen LogP contribution >= 0.6 is 34.8 Å². The minimum atomic E-state index is 0.322. The molecule has 6 heteroatoms. The summed E-state index contributed by atoms with van der Waals surface area (Å²) in [6.45, 7) is 0. The molecule has 0 radical (unpaired) electrons. The Balaban J connectivity index is 2.01. The largest absolute Gasteiger partial charge is 0.416 e. The van der Waals surface area contributed by atoms with Gasteiger partial charge in [-0.15, -0.1) is 10.2 Å². The van der Waals surface area contributed by atoms with Gasteiger partial charge in [0.2, 0.25) is 11.8 Å². The maximum Gasteiger partial charge on any atom is 0.249 e. The Morgan fingerprint density at radius 2 is 1.40 bits per heavy atom. The van der Waals surface area contributed by atoms with Crippen LogP contribution in [-0.2, 0) is 0 Å². The maximum absolute atomic E-state index is 6.10. The van der Waals surface area contributed by atoms with Crippen LogP contribution < -0.4 is 0 Å². The first-order chi connectivity index (χ1) is 9.63. The van der Waals surface area contributed by atoms with E-state index in [1.807, 2.05) is 0 Å². The van der Waals surface area contributed by atoms with E-state index in [9.17, 15) is 0 Å². The molecule has 0 spiro atoms. The molecule has 100 valence electrons. The van der Waals surface area contributed by atoms with E-state index in [1.54, 1.807) is 42.5 Å². The van der Waals surface area contributed by atoms with E-state index >= 15 is 0 Å². The van der Waals surface area contributed by atoms with Gasteiger partial charge in [0.15, 0.2) is 0 Å². The number of hydrogen-bond acceptors (Lipinski definition) is 3. The number of nitrogens with zero attached hydrogens (tertiary/aromatic N) is 2. The van der Waals surface area contributed by atoms with Gasteiger partial charge in [-0.2, -0.15) is 0 Å².